The summed E-state index contributed by atoms with van der Waals surface area (Å²) in [7, 11) is 2.85. The lowest BCUT2D eigenvalue weighted by atomic mass is 10.1. The van der Waals surface area contributed by atoms with Crippen molar-refractivity contribution in [2.24, 2.45) is 5.92 Å². The summed E-state index contributed by atoms with van der Waals surface area (Å²) in [6.07, 6.45) is 2.46. The van der Waals surface area contributed by atoms with E-state index in [1.54, 1.807) is 25.6 Å². The number of hydrogen-bond donors (Lipinski definition) is 1. The largest absolute Gasteiger partial charge is 0.465 e. The quantitative estimate of drug-likeness (QED) is 0.310. The second-order valence-corrected chi connectivity index (χ2v) is 8.63. The van der Waals surface area contributed by atoms with Gasteiger partial charge in [0.2, 0.25) is 0 Å². The first-order valence-electron chi connectivity index (χ1n) is 10.2. The molecule has 4 rings (SSSR count). The first-order chi connectivity index (χ1) is 15.5. The van der Waals surface area contributed by atoms with E-state index >= 15 is 0 Å². The van der Waals surface area contributed by atoms with E-state index in [9.17, 15) is 20.0 Å². The fraction of sp³-hybridized carbons (Fsp3) is 0.429. The maximum Gasteiger partial charge on any atom is 0.347 e. The lowest BCUT2D eigenvalue weighted by Gasteiger charge is -2.17. The van der Waals surface area contributed by atoms with Crippen LogP contribution in [-0.2, 0) is 16.0 Å². The van der Waals surface area contributed by atoms with E-state index in [-0.39, 0.29) is 23.8 Å². The topological polar surface area (TPSA) is 120 Å². The highest BCUT2D eigenvalue weighted by Gasteiger charge is 2.37. The fourth-order valence-corrected chi connectivity index (χ4v) is 5.32. The average molecular weight is 461 g/mol. The summed E-state index contributed by atoms with van der Waals surface area (Å²) in [5, 5.41) is 22.1. The van der Waals surface area contributed by atoms with Gasteiger partial charge in [0.1, 0.15) is 9.88 Å². The van der Waals surface area contributed by atoms with Crippen molar-refractivity contribution in [2.45, 2.75) is 13.0 Å². The van der Waals surface area contributed by atoms with Crippen LogP contribution in [0.2, 0.25) is 0 Å². The minimum absolute atomic E-state index is 0.0345. The van der Waals surface area contributed by atoms with Crippen LogP contribution >= 0.6 is 11.3 Å². The summed E-state index contributed by atoms with van der Waals surface area (Å²) in [6.45, 7) is 2.35. The van der Waals surface area contributed by atoms with Crippen molar-refractivity contribution < 1.29 is 24.3 Å². The third kappa shape index (κ3) is 3.94. The minimum Gasteiger partial charge on any atom is -0.465 e. The Labute approximate surface area is 188 Å². The first-order valence-corrected chi connectivity index (χ1v) is 11.0. The van der Waals surface area contributed by atoms with E-state index in [1.807, 2.05) is 15.5 Å². The molecule has 11 heteroatoms. The predicted octanol–water partition coefficient (Wildman–Crippen LogP) is 2.92. The molecular weight excluding hydrogens is 436 g/mol. The van der Waals surface area contributed by atoms with Crippen molar-refractivity contribution in [3.8, 4) is 10.4 Å². The zero-order chi connectivity index (χ0) is 22.8. The molecule has 1 aliphatic rings. The van der Waals surface area contributed by atoms with Crippen molar-refractivity contribution in [3.05, 3.63) is 40.2 Å². The maximum atomic E-state index is 12.6. The molecule has 1 fully saturated rings. The van der Waals surface area contributed by atoms with E-state index in [0.29, 0.717) is 47.2 Å². The summed E-state index contributed by atoms with van der Waals surface area (Å²) in [4.78, 5) is 30.9. The van der Waals surface area contributed by atoms with Gasteiger partial charge in [0, 0.05) is 44.8 Å². The fourth-order valence-electron chi connectivity index (χ4n) is 4.03. The van der Waals surface area contributed by atoms with E-state index < -0.39 is 10.9 Å². The lowest BCUT2D eigenvalue weighted by molar-refractivity contribution is -0.384. The number of fused-ring (bicyclic) bond motifs is 1. The molecule has 1 saturated heterocycles. The molecule has 0 amide bonds. The van der Waals surface area contributed by atoms with Gasteiger partial charge < -0.3 is 24.0 Å². The number of carbonyl (C=O) groups is 1. The van der Waals surface area contributed by atoms with Gasteiger partial charge in [-0.05, 0) is 18.6 Å². The third-order valence-corrected chi connectivity index (χ3v) is 6.98. The molecule has 3 heterocycles. The molecule has 2 aromatic heterocycles. The maximum absolute atomic E-state index is 12.6. The zero-order valence-corrected chi connectivity index (χ0v) is 18.6. The van der Waals surface area contributed by atoms with Crippen molar-refractivity contribution in [1.29, 1.82) is 0 Å². The molecule has 170 valence electrons. The summed E-state index contributed by atoms with van der Waals surface area (Å²) in [6, 6.07) is 5.46. The second-order valence-electron chi connectivity index (χ2n) is 7.63. The van der Waals surface area contributed by atoms with Crippen LogP contribution in [0.25, 0.3) is 21.5 Å². The molecule has 1 aliphatic heterocycles. The number of hydrogen-bond acceptors (Lipinski definition) is 9. The molecule has 1 N–H and O–H groups in total. The molecule has 0 radical (unpaired) electrons. The van der Waals surface area contributed by atoms with Crippen molar-refractivity contribution in [1.82, 2.24) is 9.55 Å². The molecule has 0 aliphatic carbocycles. The molecule has 3 aromatic rings. The number of imidazole rings is 1. The number of aliphatic hydroxyl groups excluding tert-OH is 1. The van der Waals surface area contributed by atoms with Gasteiger partial charge >= 0.3 is 11.7 Å². The normalized spacial score (nSPS) is 16.1. The van der Waals surface area contributed by atoms with Crippen LogP contribution in [0.4, 0.5) is 10.7 Å². The Morgan fingerprint density at radius 3 is 2.88 bits per heavy atom. The van der Waals surface area contributed by atoms with Gasteiger partial charge in [-0.2, -0.15) is 0 Å². The van der Waals surface area contributed by atoms with Gasteiger partial charge in [0.05, 0.1) is 36.0 Å². The predicted molar refractivity (Wildman–Crippen MR) is 120 cm³/mol. The Hall–Kier alpha value is -3.02. The summed E-state index contributed by atoms with van der Waals surface area (Å²) in [5.74, 6) is -0.677. The number of rotatable bonds is 8. The highest BCUT2D eigenvalue weighted by Crippen LogP contribution is 2.48. The van der Waals surface area contributed by atoms with Crippen LogP contribution in [0.5, 0.6) is 0 Å². The van der Waals surface area contributed by atoms with E-state index in [4.69, 9.17) is 9.47 Å². The Balaban J connectivity index is 1.83. The highest BCUT2D eigenvalue weighted by atomic mass is 32.1. The SMILES string of the molecule is COCCn1cnc2cc(-c3sc(N4CC[C@H](CO)C4)c(C(=O)OC)c3[N+](=O)[O-])ccc21. The molecule has 0 saturated carbocycles. The third-order valence-electron chi connectivity index (χ3n) is 5.69. The highest BCUT2D eigenvalue weighted by molar-refractivity contribution is 7.20. The molecule has 0 unspecified atom stereocenters. The van der Waals surface area contributed by atoms with Crippen LogP contribution < -0.4 is 4.90 Å². The molecule has 1 atom stereocenters. The van der Waals surface area contributed by atoms with Crippen LogP contribution in [0, 0.1) is 16.0 Å². The van der Waals surface area contributed by atoms with Crippen molar-refractivity contribution in [3.63, 3.8) is 0 Å². The lowest BCUT2D eigenvalue weighted by Crippen LogP contribution is -2.22. The number of anilines is 1. The van der Waals surface area contributed by atoms with Gasteiger partial charge in [-0.1, -0.05) is 6.07 Å². The van der Waals surface area contributed by atoms with Gasteiger partial charge in [0.25, 0.3) is 0 Å². The van der Waals surface area contributed by atoms with Gasteiger partial charge in [-0.15, -0.1) is 11.3 Å². The van der Waals surface area contributed by atoms with Crippen molar-refractivity contribution >= 4 is 39.0 Å². The molecule has 0 bridgehead atoms. The summed E-state index contributed by atoms with van der Waals surface area (Å²) in [5.41, 5.74) is 1.90. The standard InChI is InChI=1S/C21H24N4O6S/c1-30-8-7-24-12-22-15-9-14(3-4-16(15)24)19-18(25(28)29)17(21(27)31-2)20(32-19)23-6-5-13(10-23)11-26/h3-4,9,12-13,26H,5-8,10-11H2,1-2H3/t13-/m0/s1. The number of carbonyl (C=O) groups excluding carboxylic acids is 1. The number of aliphatic hydroxyl groups is 1. The van der Waals surface area contributed by atoms with Crippen LogP contribution in [-0.4, -0.2) is 66.1 Å². The smallest absolute Gasteiger partial charge is 0.347 e. The Morgan fingerprint density at radius 1 is 1.41 bits per heavy atom. The Bertz CT molecular complexity index is 1160. The number of benzene rings is 1. The van der Waals surface area contributed by atoms with Crippen molar-refractivity contribution in [2.75, 3.05) is 45.4 Å². The molecule has 10 nitrogen and oxygen atoms in total. The molecule has 1 aromatic carbocycles. The number of esters is 1. The zero-order valence-electron chi connectivity index (χ0n) is 17.8. The second kappa shape index (κ2) is 9.23. The number of thiophene rings is 1. The summed E-state index contributed by atoms with van der Waals surface area (Å²) >= 11 is 1.20. The number of aromatic nitrogens is 2. The van der Waals surface area contributed by atoms with Gasteiger partial charge in [-0.25, -0.2) is 9.78 Å². The summed E-state index contributed by atoms with van der Waals surface area (Å²) < 4.78 is 12.0. The first kappa shape index (κ1) is 22.2. The van der Waals surface area contributed by atoms with Crippen LogP contribution in [0.15, 0.2) is 24.5 Å². The minimum atomic E-state index is -0.744. The Morgan fingerprint density at radius 2 is 2.22 bits per heavy atom. The Kier molecular flexibility index (Phi) is 6.40. The average Bonchev–Trinajstić information content (AvgIpc) is 3.52. The van der Waals surface area contributed by atoms with Gasteiger partial charge in [-0.3, -0.25) is 10.1 Å². The van der Waals surface area contributed by atoms with Crippen LogP contribution in [0.1, 0.15) is 16.8 Å². The van der Waals surface area contributed by atoms with E-state index in [2.05, 4.69) is 4.98 Å². The number of ether oxygens (including phenoxy) is 2. The molecular formula is C21H24N4O6S. The van der Waals surface area contributed by atoms with E-state index in [1.165, 1.54) is 18.4 Å². The number of nitro groups is 1. The van der Waals surface area contributed by atoms with Crippen LogP contribution in [0.3, 0.4) is 0 Å². The number of methoxy groups -OCH3 is 2. The molecule has 32 heavy (non-hydrogen) atoms. The van der Waals surface area contributed by atoms with E-state index in [0.717, 1.165) is 11.9 Å². The molecule has 0 spiro atoms. The number of nitrogens with zero attached hydrogens (tertiary/aromatic N) is 4. The monoisotopic (exact) mass is 460 g/mol. The van der Waals surface area contributed by atoms with Gasteiger partial charge in [0.15, 0.2) is 5.56 Å².